The van der Waals surface area contributed by atoms with Crippen molar-refractivity contribution in [2.45, 2.75) is 19.4 Å². The zero-order valence-electron chi connectivity index (χ0n) is 15.6. The van der Waals surface area contributed by atoms with Gasteiger partial charge in [-0.05, 0) is 24.1 Å². The molecule has 1 aliphatic heterocycles. The number of hydrogen-bond acceptors (Lipinski definition) is 2. The fourth-order valence-corrected chi connectivity index (χ4v) is 3.54. The van der Waals surface area contributed by atoms with Gasteiger partial charge in [0.05, 0.1) is 13.1 Å². The quantitative estimate of drug-likeness (QED) is 0.759. The van der Waals surface area contributed by atoms with Gasteiger partial charge in [-0.1, -0.05) is 60.7 Å². The van der Waals surface area contributed by atoms with Crippen LogP contribution in [0.2, 0.25) is 0 Å². The molecule has 2 atom stereocenters. The molecule has 1 aliphatic rings. The van der Waals surface area contributed by atoms with E-state index in [0.717, 1.165) is 30.0 Å². The molecule has 3 N–H and O–H groups in total. The van der Waals surface area contributed by atoms with Crippen molar-refractivity contribution in [1.82, 2.24) is 10.6 Å². The SMILES string of the molecule is CCNC(=O)NC(=O)[C@@H](c1ccccc1)[NH+]1CC=C(c2ccccc2)CC1. The van der Waals surface area contributed by atoms with Crippen LogP contribution in [0.3, 0.4) is 0 Å². The van der Waals surface area contributed by atoms with Gasteiger partial charge in [-0.15, -0.1) is 0 Å². The van der Waals surface area contributed by atoms with Crippen LogP contribution in [0.4, 0.5) is 4.79 Å². The fourth-order valence-electron chi connectivity index (χ4n) is 3.54. The first-order valence-electron chi connectivity index (χ1n) is 9.41. The Morgan fingerprint density at radius 2 is 1.70 bits per heavy atom. The first kappa shape index (κ1) is 18.9. The summed E-state index contributed by atoms with van der Waals surface area (Å²) in [4.78, 5) is 25.9. The van der Waals surface area contributed by atoms with Crippen LogP contribution in [0.1, 0.15) is 30.5 Å². The van der Waals surface area contributed by atoms with Gasteiger partial charge in [0.1, 0.15) is 0 Å². The number of carbonyl (C=O) groups excluding carboxylic acids is 2. The van der Waals surface area contributed by atoms with Gasteiger partial charge in [-0.2, -0.15) is 0 Å². The average Bonchev–Trinajstić information content (AvgIpc) is 2.70. The molecule has 1 heterocycles. The summed E-state index contributed by atoms with van der Waals surface area (Å²) in [6.45, 7) is 3.88. The fraction of sp³-hybridized carbons (Fsp3) is 0.273. The number of quaternary nitrogens is 1. The van der Waals surface area contributed by atoms with Crippen LogP contribution in [0, 0.1) is 0 Å². The van der Waals surface area contributed by atoms with E-state index in [9.17, 15) is 9.59 Å². The van der Waals surface area contributed by atoms with E-state index in [2.05, 4.69) is 28.8 Å². The van der Waals surface area contributed by atoms with Crippen molar-refractivity contribution in [2.24, 2.45) is 0 Å². The predicted octanol–water partition coefficient (Wildman–Crippen LogP) is 1.95. The standard InChI is InChI=1S/C22H25N3O2/c1-2-23-22(27)24-21(26)20(19-11-7-4-8-12-19)25-15-13-18(14-16-25)17-9-5-3-6-10-17/h3-13,20H,2,14-16H2,1H3,(H2,23,24,26,27)/p+1/t20-/m1/s1. The first-order valence-corrected chi connectivity index (χ1v) is 9.41. The number of imide groups is 1. The highest BCUT2D eigenvalue weighted by Gasteiger charge is 2.33. The van der Waals surface area contributed by atoms with Crippen molar-refractivity contribution in [3.05, 3.63) is 77.9 Å². The summed E-state index contributed by atoms with van der Waals surface area (Å²) in [5.74, 6) is -0.265. The Labute approximate surface area is 160 Å². The summed E-state index contributed by atoms with van der Waals surface area (Å²) in [6, 6.07) is 19.2. The molecule has 27 heavy (non-hydrogen) atoms. The van der Waals surface area contributed by atoms with E-state index in [1.807, 2.05) is 55.5 Å². The summed E-state index contributed by atoms with van der Waals surface area (Å²) < 4.78 is 0. The van der Waals surface area contributed by atoms with E-state index in [1.54, 1.807) is 0 Å². The lowest BCUT2D eigenvalue weighted by atomic mass is 9.96. The second-order valence-corrected chi connectivity index (χ2v) is 6.65. The summed E-state index contributed by atoms with van der Waals surface area (Å²) >= 11 is 0. The highest BCUT2D eigenvalue weighted by atomic mass is 16.2. The van der Waals surface area contributed by atoms with Gasteiger partial charge in [0.2, 0.25) is 0 Å². The van der Waals surface area contributed by atoms with Crippen LogP contribution in [-0.2, 0) is 4.79 Å². The van der Waals surface area contributed by atoms with Gasteiger partial charge >= 0.3 is 6.03 Å². The van der Waals surface area contributed by atoms with Crippen LogP contribution in [-0.4, -0.2) is 31.6 Å². The summed E-state index contributed by atoms with van der Waals surface area (Å²) in [5, 5.41) is 5.11. The zero-order chi connectivity index (χ0) is 19.1. The minimum atomic E-state index is -0.444. The third-order valence-corrected chi connectivity index (χ3v) is 4.85. The van der Waals surface area contributed by atoms with Gasteiger partial charge in [-0.25, -0.2) is 4.79 Å². The summed E-state index contributed by atoms with van der Waals surface area (Å²) in [7, 11) is 0. The molecule has 3 rings (SSSR count). The molecule has 5 nitrogen and oxygen atoms in total. The molecule has 5 heteroatoms. The smallest absolute Gasteiger partial charge is 0.321 e. The third-order valence-electron chi connectivity index (χ3n) is 4.85. The lowest BCUT2D eigenvalue weighted by Gasteiger charge is -2.30. The van der Waals surface area contributed by atoms with Crippen LogP contribution in [0.5, 0.6) is 0 Å². The van der Waals surface area contributed by atoms with Gasteiger partial charge in [0.15, 0.2) is 6.04 Å². The van der Waals surface area contributed by atoms with E-state index in [0.29, 0.717) is 6.54 Å². The Bertz CT molecular complexity index is 803. The lowest BCUT2D eigenvalue weighted by Crippen LogP contribution is -3.13. The van der Waals surface area contributed by atoms with Crippen LogP contribution in [0.25, 0.3) is 5.57 Å². The number of urea groups is 1. The van der Waals surface area contributed by atoms with E-state index in [4.69, 9.17) is 0 Å². The lowest BCUT2D eigenvalue weighted by molar-refractivity contribution is -0.917. The number of rotatable bonds is 5. The largest absolute Gasteiger partial charge is 0.338 e. The third kappa shape index (κ3) is 4.83. The van der Waals surface area contributed by atoms with Crippen molar-refractivity contribution < 1.29 is 14.5 Å². The number of hydrogen-bond donors (Lipinski definition) is 3. The minimum Gasteiger partial charge on any atom is -0.338 e. The second-order valence-electron chi connectivity index (χ2n) is 6.65. The molecule has 0 aliphatic carbocycles. The maximum Gasteiger partial charge on any atom is 0.321 e. The number of benzene rings is 2. The Hall–Kier alpha value is -2.92. The van der Waals surface area contributed by atoms with Gasteiger partial charge in [0, 0.05) is 18.5 Å². The first-order chi connectivity index (χ1) is 13.2. The van der Waals surface area contributed by atoms with E-state index in [-0.39, 0.29) is 5.91 Å². The molecule has 3 amide bonds. The Morgan fingerprint density at radius 1 is 1.04 bits per heavy atom. The molecule has 0 saturated carbocycles. The van der Waals surface area contributed by atoms with Crippen LogP contribution < -0.4 is 15.5 Å². The van der Waals surface area contributed by atoms with Crippen molar-refractivity contribution in [2.75, 3.05) is 19.6 Å². The molecule has 1 unspecified atom stereocenters. The Morgan fingerprint density at radius 3 is 2.30 bits per heavy atom. The van der Waals surface area contributed by atoms with E-state index in [1.165, 1.54) is 11.1 Å². The highest BCUT2D eigenvalue weighted by Crippen LogP contribution is 2.19. The number of nitrogens with one attached hydrogen (secondary N) is 3. The molecule has 0 aromatic heterocycles. The second kappa shape index (κ2) is 9.14. The van der Waals surface area contributed by atoms with Crippen LogP contribution in [0.15, 0.2) is 66.7 Å². The monoisotopic (exact) mass is 364 g/mol. The molecule has 0 spiro atoms. The van der Waals surface area contributed by atoms with Crippen LogP contribution >= 0.6 is 0 Å². The normalized spacial score (nSPS) is 17.5. The van der Waals surface area contributed by atoms with Crippen molar-refractivity contribution >= 4 is 17.5 Å². The Balaban J connectivity index is 1.79. The number of carbonyl (C=O) groups is 2. The molecule has 140 valence electrons. The summed E-state index contributed by atoms with van der Waals surface area (Å²) in [5.41, 5.74) is 3.47. The van der Waals surface area contributed by atoms with Gasteiger partial charge < -0.3 is 10.2 Å². The van der Waals surface area contributed by atoms with Gasteiger partial charge in [0.25, 0.3) is 5.91 Å². The average molecular weight is 364 g/mol. The zero-order valence-corrected chi connectivity index (χ0v) is 15.6. The minimum absolute atomic E-state index is 0.265. The molecule has 0 bridgehead atoms. The molecule has 2 aromatic rings. The predicted molar refractivity (Wildman–Crippen MR) is 106 cm³/mol. The number of amides is 3. The van der Waals surface area contributed by atoms with Crippen molar-refractivity contribution in [1.29, 1.82) is 0 Å². The Kier molecular flexibility index (Phi) is 6.39. The highest BCUT2D eigenvalue weighted by molar-refractivity contribution is 5.96. The van der Waals surface area contributed by atoms with Gasteiger partial charge in [-0.3, -0.25) is 10.1 Å². The topological polar surface area (TPSA) is 62.6 Å². The van der Waals surface area contributed by atoms with E-state index < -0.39 is 12.1 Å². The van der Waals surface area contributed by atoms with Crippen molar-refractivity contribution in [3.8, 4) is 0 Å². The van der Waals surface area contributed by atoms with E-state index >= 15 is 0 Å². The molecular formula is C22H26N3O2+. The molecule has 0 saturated heterocycles. The molecule has 0 radical (unpaired) electrons. The molecule has 0 fully saturated rings. The molecule has 2 aromatic carbocycles. The maximum absolute atomic E-state index is 12.9. The van der Waals surface area contributed by atoms with Crippen molar-refractivity contribution in [3.63, 3.8) is 0 Å². The maximum atomic E-state index is 12.9. The summed E-state index contributed by atoms with van der Waals surface area (Å²) in [6.07, 6.45) is 3.11. The molecular weight excluding hydrogens is 338 g/mol.